The lowest BCUT2D eigenvalue weighted by atomic mass is 9.58. The maximum absolute atomic E-state index is 11.9. The van der Waals surface area contributed by atoms with Crippen LogP contribution in [0.5, 0.6) is 0 Å². The minimum absolute atomic E-state index is 0.0149. The molecule has 0 aliphatic heterocycles. The van der Waals surface area contributed by atoms with Crippen molar-refractivity contribution in [2.75, 3.05) is 0 Å². The van der Waals surface area contributed by atoms with E-state index in [2.05, 4.69) is 34.6 Å². The lowest BCUT2D eigenvalue weighted by Gasteiger charge is -2.46. The molecule has 1 amide bonds. The molecule has 0 spiro atoms. The number of aliphatic hydroxyl groups is 1. The van der Waals surface area contributed by atoms with Crippen molar-refractivity contribution in [1.29, 1.82) is 0 Å². The highest BCUT2D eigenvalue weighted by molar-refractivity contribution is 7.25. The summed E-state index contributed by atoms with van der Waals surface area (Å²) in [5.41, 5.74) is 8.21. The molecule has 1 aromatic rings. The molecule has 0 heterocycles. The van der Waals surface area contributed by atoms with E-state index in [1.807, 2.05) is 18.2 Å². The molecule has 1 aliphatic rings. The van der Waals surface area contributed by atoms with E-state index >= 15 is 0 Å². The Labute approximate surface area is 174 Å². The second-order valence-corrected chi connectivity index (χ2v) is 10.6. The van der Waals surface area contributed by atoms with Gasteiger partial charge >= 0.3 is 5.97 Å². The number of hydrogen-bond acceptors (Lipinski definition) is 4. The van der Waals surface area contributed by atoms with Crippen LogP contribution >= 0.6 is 8.46 Å². The Morgan fingerprint density at radius 3 is 2.41 bits per heavy atom. The van der Waals surface area contributed by atoms with Gasteiger partial charge in [-0.15, -0.1) is 0 Å². The number of fused-ring (bicyclic) bond motifs is 1. The Hall–Kier alpha value is -1.78. The van der Waals surface area contributed by atoms with Crippen LogP contribution in [-0.2, 0) is 31.4 Å². The van der Waals surface area contributed by atoms with Crippen LogP contribution in [0.15, 0.2) is 18.2 Å². The molecule has 0 bridgehead atoms. The highest BCUT2D eigenvalue weighted by Crippen LogP contribution is 2.49. The molecule has 29 heavy (non-hydrogen) atoms. The molecule has 6 nitrogen and oxygen atoms in total. The normalized spacial score (nSPS) is 23.0. The van der Waals surface area contributed by atoms with Crippen LogP contribution in [0, 0.1) is 11.8 Å². The lowest BCUT2D eigenvalue weighted by Crippen LogP contribution is -2.41. The third kappa shape index (κ3) is 4.70. The van der Waals surface area contributed by atoms with E-state index in [0.29, 0.717) is 5.92 Å². The van der Waals surface area contributed by atoms with Crippen LogP contribution in [0.1, 0.15) is 70.6 Å². The van der Waals surface area contributed by atoms with E-state index in [1.165, 1.54) is 11.1 Å². The van der Waals surface area contributed by atoms with Gasteiger partial charge in [0.2, 0.25) is 5.91 Å². The zero-order chi connectivity index (χ0) is 22.2. The van der Waals surface area contributed by atoms with E-state index in [1.54, 1.807) is 0 Å². The average Bonchev–Trinajstić information content (AvgIpc) is 2.59. The second kappa shape index (κ2) is 8.16. The van der Waals surface area contributed by atoms with Gasteiger partial charge < -0.3 is 15.9 Å². The number of nitrogens with two attached hydrogens (primary N) is 1. The van der Waals surface area contributed by atoms with Crippen LogP contribution in [-0.4, -0.2) is 27.4 Å². The Morgan fingerprint density at radius 2 is 1.90 bits per heavy atom. The minimum atomic E-state index is -2.02. The molecule has 2 rings (SSSR count). The van der Waals surface area contributed by atoms with E-state index in [0.717, 1.165) is 12.0 Å². The molecule has 3 unspecified atom stereocenters. The fraction of sp³-hybridized carbons (Fsp3) is 0.636. The first-order valence-corrected chi connectivity index (χ1v) is 10.8. The third-order valence-corrected chi connectivity index (χ3v) is 7.50. The van der Waals surface area contributed by atoms with Crippen LogP contribution in [0.2, 0.25) is 0 Å². The van der Waals surface area contributed by atoms with Crippen molar-refractivity contribution >= 4 is 20.3 Å². The molecule has 1 aliphatic carbocycles. The standard InChI is InChI=1S/C22H32NO5P/c1-13-11-20(2,3)15-7-6-14(10-17(15)21(13,4)5)12-22(27,29-28)16(19(25)26)8-9-18(23)24/h6-7,10,13,16,27H,8-9,11-12H2,1-5H3,(H2,23,24)(H,25,26). The van der Waals surface area contributed by atoms with Gasteiger partial charge in [-0.3, -0.25) is 14.2 Å². The smallest absolute Gasteiger partial charge is 0.310 e. The van der Waals surface area contributed by atoms with Gasteiger partial charge in [0, 0.05) is 12.8 Å². The van der Waals surface area contributed by atoms with Gasteiger partial charge in [0.1, 0.15) is 0 Å². The summed E-state index contributed by atoms with van der Waals surface area (Å²) in [6.45, 7) is 11.1. The zero-order valence-electron chi connectivity index (χ0n) is 17.9. The molecule has 7 heteroatoms. The summed E-state index contributed by atoms with van der Waals surface area (Å²) in [7, 11) is -0.690. The zero-order valence-corrected chi connectivity index (χ0v) is 18.8. The van der Waals surface area contributed by atoms with Gasteiger partial charge in [-0.05, 0) is 46.3 Å². The topological polar surface area (TPSA) is 118 Å². The van der Waals surface area contributed by atoms with Crippen molar-refractivity contribution in [2.24, 2.45) is 17.6 Å². The number of rotatable bonds is 8. The average molecular weight is 421 g/mol. The van der Waals surface area contributed by atoms with Crippen molar-refractivity contribution in [3.05, 3.63) is 34.9 Å². The number of carbonyl (C=O) groups is 2. The predicted octanol–water partition coefficient (Wildman–Crippen LogP) is 3.77. The Kier molecular flexibility index (Phi) is 6.61. The molecule has 0 saturated carbocycles. The van der Waals surface area contributed by atoms with Crippen molar-refractivity contribution in [3.63, 3.8) is 0 Å². The minimum Gasteiger partial charge on any atom is -0.481 e. The van der Waals surface area contributed by atoms with Crippen molar-refractivity contribution < 1.29 is 24.4 Å². The van der Waals surface area contributed by atoms with Gasteiger partial charge in [0.25, 0.3) is 0 Å². The molecular formula is C22H32NO5P. The van der Waals surface area contributed by atoms with Crippen LogP contribution in [0.3, 0.4) is 0 Å². The quantitative estimate of drug-likeness (QED) is 0.552. The number of carboxylic acid groups (broad SMARTS) is 1. The summed E-state index contributed by atoms with van der Waals surface area (Å²) in [5.74, 6) is -2.88. The molecule has 160 valence electrons. The maximum atomic E-state index is 11.9. The SMILES string of the molecule is CC1CC(C)(C)c2ccc(CC(O)(P=O)C(CCC(N)=O)C(=O)O)cc2C1(C)C. The van der Waals surface area contributed by atoms with Crippen LogP contribution < -0.4 is 5.73 Å². The molecule has 0 fully saturated rings. The molecule has 0 radical (unpaired) electrons. The molecule has 0 aromatic heterocycles. The fourth-order valence-electron chi connectivity index (χ4n) is 4.58. The van der Waals surface area contributed by atoms with E-state index in [-0.39, 0.29) is 30.1 Å². The van der Waals surface area contributed by atoms with Crippen molar-refractivity contribution in [1.82, 2.24) is 0 Å². The first-order valence-electron chi connectivity index (χ1n) is 9.96. The third-order valence-electron chi connectivity index (χ3n) is 6.71. The first-order chi connectivity index (χ1) is 13.2. The highest BCUT2D eigenvalue weighted by atomic mass is 31.1. The Balaban J connectivity index is 2.44. The number of carbonyl (C=O) groups excluding carboxylic acids is 1. The van der Waals surface area contributed by atoms with E-state index in [4.69, 9.17) is 5.73 Å². The number of hydrogen-bond donors (Lipinski definition) is 3. The van der Waals surface area contributed by atoms with E-state index in [9.17, 15) is 24.4 Å². The molecule has 4 N–H and O–H groups in total. The summed E-state index contributed by atoms with van der Waals surface area (Å²) in [4.78, 5) is 22.8. The summed E-state index contributed by atoms with van der Waals surface area (Å²) in [6, 6.07) is 5.92. The predicted molar refractivity (Wildman–Crippen MR) is 112 cm³/mol. The van der Waals surface area contributed by atoms with Crippen LogP contribution in [0.4, 0.5) is 0 Å². The van der Waals surface area contributed by atoms with Gasteiger partial charge in [-0.25, -0.2) is 0 Å². The summed E-state index contributed by atoms with van der Waals surface area (Å²) < 4.78 is 11.9. The Bertz CT molecular complexity index is 819. The summed E-state index contributed by atoms with van der Waals surface area (Å²) in [6.07, 6.45) is 0.601. The molecule has 3 atom stereocenters. The number of aliphatic carboxylic acids is 1. The lowest BCUT2D eigenvalue weighted by molar-refractivity contribution is -0.147. The maximum Gasteiger partial charge on any atom is 0.310 e. The number of amides is 1. The number of benzene rings is 1. The van der Waals surface area contributed by atoms with Crippen molar-refractivity contribution in [3.8, 4) is 0 Å². The monoisotopic (exact) mass is 421 g/mol. The van der Waals surface area contributed by atoms with Gasteiger partial charge in [-0.1, -0.05) is 52.8 Å². The molecule has 0 saturated heterocycles. The second-order valence-electron chi connectivity index (χ2n) is 9.63. The fourth-order valence-corrected chi connectivity index (χ4v) is 5.19. The number of primary amides is 1. The first kappa shape index (κ1) is 23.5. The molecule has 1 aromatic carbocycles. The van der Waals surface area contributed by atoms with Gasteiger partial charge in [0.15, 0.2) is 13.8 Å². The van der Waals surface area contributed by atoms with Gasteiger partial charge in [-0.2, -0.15) is 0 Å². The number of carboxylic acids is 1. The van der Waals surface area contributed by atoms with Crippen LogP contribution in [0.25, 0.3) is 0 Å². The van der Waals surface area contributed by atoms with Crippen molar-refractivity contribution in [2.45, 2.75) is 76.5 Å². The van der Waals surface area contributed by atoms with E-state index < -0.39 is 31.6 Å². The van der Waals surface area contributed by atoms with Gasteiger partial charge in [0.05, 0.1) is 5.92 Å². The summed E-state index contributed by atoms with van der Waals surface area (Å²) >= 11 is 0. The largest absolute Gasteiger partial charge is 0.481 e. The highest BCUT2D eigenvalue weighted by Gasteiger charge is 2.45. The summed E-state index contributed by atoms with van der Waals surface area (Å²) in [5, 5.41) is 18.5. The Morgan fingerprint density at radius 1 is 1.28 bits per heavy atom. The molecular weight excluding hydrogens is 389 g/mol.